The molecule has 1 heterocycles. The van der Waals surface area contributed by atoms with Gasteiger partial charge in [-0.1, -0.05) is 11.6 Å². The second kappa shape index (κ2) is 4.23. The molecule has 16 heavy (non-hydrogen) atoms. The van der Waals surface area contributed by atoms with E-state index in [2.05, 4.69) is 9.97 Å². The SMILES string of the molecule is Nc1nc(Cl)ncc1-c1ccc(F)cc1Cl. The van der Waals surface area contributed by atoms with Gasteiger partial charge in [-0.25, -0.2) is 14.4 Å². The molecule has 1 aromatic carbocycles. The van der Waals surface area contributed by atoms with Gasteiger partial charge in [-0.05, 0) is 29.8 Å². The van der Waals surface area contributed by atoms with E-state index in [0.29, 0.717) is 11.1 Å². The monoisotopic (exact) mass is 257 g/mol. The first kappa shape index (κ1) is 11.1. The summed E-state index contributed by atoms with van der Waals surface area (Å²) in [5.74, 6) is -0.212. The van der Waals surface area contributed by atoms with Crippen LogP contribution in [-0.2, 0) is 0 Å². The van der Waals surface area contributed by atoms with Gasteiger partial charge in [-0.2, -0.15) is 0 Å². The van der Waals surface area contributed by atoms with Gasteiger partial charge in [0.15, 0.2) is 0 Å². The lowest BCUT2D eigenvalue weighted by molar-refractivity contribution is 0.628. The maximum absolute atomic E-state index is 12.9. The topological polar surface area (TPSA) is 51.8 Å². The van der Waals surface area contributed by atoms with Gasteiger partial charge in [0.25, 0.3) is 0 Å². The standard InChI is InChI=1S/C10H6Cl2FN3/c11-8-3-5(13)1-2-6(8)7-4-15-10(12)16-9(7)14/h1-4H,(H2,14,15,16). The van der Waals surface area contributed by atoms with Crippen molar-refractivity contribution in [2.24, 2.45) is 0 Å². The van der Waals surface area contributed by atoms with Gasteiger partial charge in [-0.3, -0.25) is 0 Å². The summed E-state index contributed by atoms with van der Waals surface area (Å²) in [7, 11) is 0. The van der Waals surface area contributed by atoms with E-state index in [1.54, 1.807) is 0 Å². The molecular weight excluding hydrogens is 252 g/mol. The van der Waals surface area contributed by atoms with Gasteiger partial charge in [0, 0.05) is 17.3 Å². The van der Waals surface area contributed by atoms with Crippen molar-refractivity contribution in [1.29, 1.82) is 0 Å². The Bertz CT molecular complexity index is 496. The molecule has 0 radical (unpaired) electrons. The lowest BCUT2D eigenvalue weighted by Crippen LogP contribution is -1.96. The first-order valence-corrected chi connectivity index (χ1v) is 5.07. The van der Waals surface area contributed by atoms with E-state index in [4.69, 9.17) is 28.9 Å². The Morgan fingerprint density at radius 2 is 1.94 bits per heavy atom. The van der Waals surface area contributed by atoms with Gasteiger partial charge in [-0.15, -0.1) is 0 Å². The van der Waals surface area contributed by atoms with Crippen LogP contribution in [0.3, 0.4) is 0 Å². The van der Waals surface area contributed by atoms with Crippen LogP contribution < -0.4 is 5.73 Å². The molecule has 2 aromatic rings. The zero-order chi connectivity index (χ0) is 11.7. The number of benzene rings is 1. The fourth-order valence-corrected chi connectivity index (χ4v) is 1.70. The average Bonchev–Trinajstić information content (AvgIpc) is 2.19. The molecule has 0 atom stereocenters. The predicted octanol–water partition coefficient (Wildman–Crippen LogP) is 3.17. The van der Waals surface area contributed by atoms with E-state index < -0.39 is 5.82 Å². The molecule has 0 aliphatic heterocycles. The summed E-state index contributed by atoms with van der Waals surface area (Å²) in [4.78, 5) is 7.59. The van der Waals surface area contributed by atoms with E-state index >= 15 is 0 Å². The van der Waals surface area contributed by atoms with Crippen LogP contribution in [0.15, 0.2) is 24.4 Å². The van der Waals surface area contributed by atoms with Crippen LogP contribution in [0.1, 0.15) is 0 Å². The third kappa shape index (κ3) is 2.08. The number of nitrogens with two attached hydrogens (primary N) is 1. The number of hydrogen-bond donors (Lipinski definition) is 1. The maximum atomic E-state index is 12.9. The molecular formula is C10H6Cl2FN3. The summed E-state index contributed by atoms with van der Waals surface area (Å²) < 4.78 is 12.9. The molecule has 2 rings (SSSR count). The van der Waals surface area contributed by atoms with Crippen LogP contribution in [0.5, 0.6) is 0 Å². The highest BCUT2D eigenvalue weighted by molar-refractivity contribution is 6.33. The molecule has 3 nitrogen and oxygen atoms in total. The number of hydrogen-bond acceptors (Lipinski definition) is 3. The Hall–Kier alpha value is -1.39. The number of nitrogen functional groups attached to an aromatic ring is 1. The lowest BCUT2D eigenvalue weighted by atomic mass is 10.1. The molecule has 6 heteroatoms. The largest absolute Gasteiger partial charge is 0.383 e. The second-order valence-corrected chi connectivity index (χ2v) is 3.81. The minimum atomic E-state index is -0.415. The molecule has 0 spiro atoms. The molecule has 0 saturated carbocycles. The number of rotatable bonds is 1. The summed E-state index contributed by atoms with van der Waals surface area (Å²) >= 11 is 11.5. The van der Waals surface area contributed by atoms with E-state index in [9.17, 15) is 4.39 Å². The Morgan fingerprint density at radius 1 is 1.19 bits per heavy atom. The van der Waals surface area contributed by atoms with Gasteiger partial charge in [0.1, 0.15) is 11.6 Å². The summed E-state index contributed by atoms with van der Waals surface area (Å²) in [6.45, 7) is 0. The Balaban J connectivity index is 2.59. The van der Waals surface area contributed by atoms with Crippen LogP contribution >= 0.6 is 23.2 Å². The van der Waals surface area contributed by atoms with Crippen molar-refractivity contribution in [3.8, 4) is 11.1 Å². The number of aromatic nitrogens is 2. The van der Waals surface area contributed by atoms with Crippen LogP contribution in [0.25, 0.3) is 11.1 Å². The van der Waals surface area contributed by atoms with Crippen LogP contribution in [-0.4, -0.2) is 9.97 Å². The first-order valence-electron chi connectivity index (χ1n) is 4.31. The molecule has 0 amide bonds. The van der Waals surface area contributed by atoms with Crippen molar-refractivity contribution in [2.75, 3.05) is 5.73 Å². The van der Waals surface area contributed by atoms with E-state index in [0.717, 1.165) is 0 Å². The third-order valence-corrected chi connectivity index (χ3v) is 2.50. The Kier molecular flexibility index (Phi) is 2.94. The molecule has 0 unspecified atom stereocenters. The highest BCUT2D eigenvalue weighted by Gasteiger charge is 2.10. The van der Waals surface area contributed by atoms with E-state index in [-0.39, 0.29) is 16.1 Å². The molecule has 0 bridgehead atoms. The fraction of sp³-hybridized carbons (Fsp3) is 0. The Morgan fingerprint density at radius 3 is 2.56 bits per heavy atom. The van der Waals surface area contributed by atoms with Crippen molar-refractivity contribution in [3.63, 3.8) is 0 Å². The van der Waals surface area contributed by atoms with Crippen LogP contribution in [0, 0.1) is 5.82 Å². The number of halogens is 3. The summed E-state index contributed by atoms with van der Waals surface area (Å²) in [5.41, 5.74) is 6.76. The van der Waals surface area contributed by atoms with Crippen molar-refractivity contribution in [1.82, 2.24) is 9.97 Å². The zero-order valence-corrected chi connectivity index (χ0v) is 9.43. The van der Waals surface area contributed by atoms with Gasteiger partial charge < -0.3 is 5.73 Å². The fourth-order valence-electron chi connectivity index (χ4n) is 1.29. The molecule has 0 saturated heterocycles. The molecule has 0 aliphatic carbocycles. The van der Waals surface area contributed by atoms with Gasteiger partial charge in [0.2, 0.25) is 5.28 Å². The average molecular weight is 258 g/mol. The van der Waals surface area contributed by atoms with Crippen molar-refractivity contribution in [2.45, 2.75) is 0 Å². The zero-order valence-electron chi connectivity index (χ0n) is 7.92. The van der Waals surface area contributed by atoms with Crippen molar-refractivity contribution < 1.29 is 4.39 Å². The highest BCUT2D eigenvalue weighted by atomic mass is 35.5. The molecule has 0 aliphatic rings. The third-order valence-electron chi connectivity index (χ3n) is 2.01. The molecule has 2 N–H and O–H groups in total. The minimum Gasteiger partial charge on any atom is -0.383 e. The van der Waals surface area contributed by atoms with Gasteiger partial charge in [0.05, 0.1) is 5.02 Å². The van der Waals surface area contributed by atoms with E-state index in [1.165, 1.54) is 24.4 Å². The predicted molar refractivity (Wildman–Crippen MR) is 61.9 cm³/mol. The van der Waals surface area contributed by atoms with Crippen LogP contribution in [0.2, 0.25) is 10.3 Å². The smallest absolute Gasteiger partial charge is 0.224 e. The molecule has 82 valence electrons. The van der Waals surface area contributed by atoms with Gasteiger partial charge >= 0.3 is 0 Å². The van der Waals surface area contributed by atoms with E-state index in [1.807, 2.05) is 0 Å². The number of nitrogens with zero attached hydrogens (tertiary/aromatic N) is 2. The summed E-state index contributed by atoms with van der Waals surface area (Å²) in [5, 5.41) is 0.303. The molecule has 1 aromatic heterocycles. The van der Waals surface area contributed by atoms with Crippen molar-refractivity contribution >= 4 is 29.0 Å². The normalized spacial score (nSPS) is 10.4. The second-order valence-electron chi connectivity index (χ2n) is 3.06. The summed E-state index contributed by atoms with van der Waals surface area (Å²) in [6.07, 6.45) is 1.45. The highest BCUT2D eigenvalue weighted by Crippen LogP contribution is 2.31. The molecule has 0 fully saturated rings. The van der Waals surface area contributed by atoms with Crippen LogP contribution in [0.4, 0.5) is 10.2 Å². The quantitative estimate of drug-likeness (QED) is 0.799. The maximum Gasteiger partial charge on any atom is 0.224 e. The van der Waals surface area contributed by atoms with Crippen molar-refractivity contribution in [3.05, 3.63) is 40.5 Å². The Labute approximate surface area is 101 Å². The lowest BCUT2D eigenvalue weighted by Gasteiger charge is -2.06. The number of anilines is 1. The minimum absolute atomic E-state index is 0.0551. The first-order chi connectivity index (χ1) is 7.58. The summed E-state index contributed by atoms with van der Waals surface area (Å²) in [6, 6.07) is 4.00.